The van der Waals surface area contributed by atoms with Crippen LogP contribution in [0.2, 0.25) is 0 Å². The molecule has 0 fully saturated rings. The van der Waals surface area contributed by atoms with E-state index in [1.165, 1.54) is 24.7 Å². The molecule has 0 amide bonds. The minimum Gasteiger partial charge on any atom is -0.349 e. The molecule has 0 saturated heterocycles. The molecule has 2 aromatic carbocycles. The zero-order chi connectivity index (χ0) is 17.4. The summed E-state index contributed by atoms with van der Waals surface area (Å²) in [7, 11) is 0. The fourth-order valence-electron chi connectivity index (χ4n) is 2.59. The highest BCUT2D eigenvalue weighted by molar-refractivity contribution is 6.04. The van der Waals surface area contributed by atoms with Crippen LogP contribution in [0.25, 0.3) is 21.9 Å². The van der Waals surface area contributed by atoms with Crippen LogP contribution in [0, 0.1) is 10.1 Å². The molecule has 0 radical (unpaired) electrons. The van der Waals surface area contributed by atoms with Crippen molar-refractivity contribution in [3.63, 3.8) is 0 Å². The molecule has 0 atom stereocenters. The summed E-state index contributed by atoms with van der Waals surface area (Å²) in [6, 6.07) is 13.4. The van der Waals surface area contributed by atoms with Gasteiger partial charge < -0.3 is 4.98 Å². The van der Waals surface area contributed by atoms with Crippen LogP contribution in [0.5, 0.6) is 0 Å². The second-order valence-corrected chi connectivity index (χ2v) is 5.38. The normalized spacial score (nSPS) is 11.5. The highest BCUT2D eigenvalue weighted by atomic mass is 16.6. The number of rotatable bonds is 3. The summed E-state index contributed by atoms with van der Waals surface area (Å²) in [5.41, 5.74) is 2.12. The van der Waals surface area contributed by atoms with E-state index in [1.807, 2.05) is 24.3 Å². The van der Waals surface area contributed by atoms with Crippen LogP contribution in [-0.4, -0.2) is 25.8 Å². The smallest absolute Gasteiger partial charge is 0.298 e. The van der Waals surface area contributed by atoms with E-state index in [1.54, 1.807) is 12.1 Å². The maximum Gasteiger partial charge on any atom is 0.298 e. The fraction of sp³-hybridized carbons (Fsp3) is 0. The van der Waals surface area contributed by atoms with E-state index >= 15 is 0 Å². The molecule has 0 spiro atoms. The van der Waals surface area contributed by atoms with Gasteiger partial charge >= 0.3 is 0 Å². The molecule has 0 unspecified atom stereocenters. The number of H-pyrrole nitrogens is 1. The van der Waals surface area contributed by atoms with Gasteiger partial charge in [-0.3, -0.25) is 14.9 Å². The summed E-state index contributed by atoms with van der Waals surface area (Å²) in [6.07, 6.45) is 2.80. The predicted octanol–water partition coefficient (Wildman–Crippen LogP) is 2.67. The summed E-state index contributed by atoms with van der Waals surface area (Å²) >= 11 is 0. The molecule has 4 rings (SSSR count). The zero-order valence-electron chi connectivity index (χ0n) is 12.8. The average molecular weight is 333 g/mol. The largest absolute Gasteiger partial charge is 0.349 e. The molecular formula is C17H11N5O3. The number of non-ortho nitro benzene ring substituents is 1. The van der Waals surface area contributed by atoms with Crippen molar-refractivity contribution in [2.75, 3.05) is 0 Å². The van der Waals surface area contributed by atoms with Gasteiger partial charge in [-0.15, -0.1) is 0 Å². The highest BCUT2D eigenvalue weighted by Gasteiger charge is 2.10. The van der Waals surface area contributed by atoms with E-state index in [4.69, 9.17) is 0 Å². The van der Waals surface area contributed by atoms with Gasteiger partial charge in [0, 0.05) is 23.0 Å². The number of aromatic nitrogens is 3. The van der Waals surface area contributed by atoms with Gasteiger partial charge in [-0.1, -0.05) is 18.2 Å². The zero-order valence-corrected chi connectivity index (χ0v) is 12.8. The Balaban J connectivity index is 1.74. The van der Waals surface area contributed by atoms with Crippen LogP contribution in [0.15, 0.2) is 64.8 Å². The lowest BCUT2D eigenvalue weighted by Gasteiger charge is -1.98. The van der Waals surface area contributed by atoms with E-state index < -0.39 is 4.92 Å². The Bertz CT molecular complexity index is 1190. The third-order valence-electron chi connectivity index (χ3n) is 3.83. The maximum atomic E-state index is 12.6. The molecule has 2 aromatic heterocycles. The highest BCUT2D eigenvalue weighted by Crippen LogP contribution is 2.20. The Hall–Kier alpha value is -3.81. The summed E-state index contributed by atoms with van der Waals surface area (Å²) in [5, 5.41) is 15.6. The van der Waals surface area contributed by atoms with Crippen molar-refractivity contribution in [1.82, 2.24) is 14.6 Å². The average Bonchev–Trinajstić information content (AvgIpc) is 3.01. The fourth-order valence-corrected chi connectivity index (χ4v) is 2.59. The van der Waals surface area contributed by atoms with Crippen LogP contribution in [-0.2, 0) is 0 Å². The molecule has 0 aliphatic rings. The molecule has 122 valence electrons. The molecule has 0 bridgehead atoms. The van der Waals surface area contributed by atoms with Crippen molar-refractivity contribution in [3.8, 4) is 0 Å². The van der Waals surface area contributed by atoms with E-state index in [2.05, 4.69) is 15.1 Å². The molecule has 8 heteroatoms. The quantitative estimate of drug-likeness (QED) is 0.353. The number of fused-ring (bicyclic) bond motifs is 3. The van der Waals surface area contributed by atoms with Gasteiger partial charge in [-0.25, -0.2) is 4.98 Å². The third kappa shape index (κ3) is 2.55. The van der Waals surface area contributed by atoms with E-state index in [0.29, 0.717) is 16.6 Å². The lowest BCUT2D eigenvalue weighted by molar-refractivity contribution is -0.384. The predicted molar refractivity (Wildman–Crippen MR) is 93.9 cm³/mol. The topological polar surface area (TPSA) is 106 Å². The molecule has 8 nitrogen and oxygen atoms in total. The first-order valence-corrected chi connectivity index (χ1v) is 7.40. The van der Waals surface area contributed by atoms with E-state index in [0.717, 1.165) is 15.6 Å². The number of aromatic amines is 1. The minimum atomic E-state index is -0.473. The van der Waals surface area contributed by atoms with Gasteiger partial charge in [-0.2, -0.15) is 9.78 Å². The molecule has 4 aromatic rings. The van der Waals surface area contributed by atoms with Gasteiger partial charge in [-0.05, 0) is 23.8 Å². The second-order valence-electron chi connectivity index (χ2n) is 5.38. The van der Waals surface area contributed by atoms with Gasteiger partial charge in [0.05, 0.1) is 11.1 Å². The maximum absolute atomic E-state index is 12.6. The molecule has 0 aliphatic heterocycles. The Morgan fingerprint density at radius 3 is 2.68 bits per heavy atom. The molecule has 25 heavy (non-hydrogen) atoms. The molecular weight excluding hydrogens is 322 g/mol. The van der Waals surface area contributed by atoms with Crippen molar-refractivity contribution < 1.29 is 4.92 Å². The number of hydrogen-bond donors (Lipinski definition) is 1. The Kier molecular flexibility index (Phi) is 3.35. The van der Waals surface area contributed by atoms with Crippen molar-refractivity contribution in [1.29, 1.82) is 0 Å². The lowest BCUT2D eigenvalue weighted by Crippen LogP contribution is -2.17. The third-order valence-corrected chi connectivity index (χ3v) is 3.83. The van der Waals surface area contributed by atoms with E-state index in [9.17, 15) is 14.9 Å². The van der Waals surface area contributed by atoms with Crippen LogP contribution < -0.4 is 5.56 Å². The standard InChI is InChI=1S/C17H11N5O3/c23-17-16-15(13-3-1-2-4-14(13)20-16)18-10-21(17)19-9-11-5-7-12(8-6-11)22(24)25/h1-10,20H/b19-9-. The number of nitro groups is 1. The van der Waals surface area contributed by atoms with E-state index in [-0.39, 0.29) is 11.2 Å². The number of nitro benzene ring substituents is 1. The van der Waals surface area contributed by atoms with Crippen molar-refractivity contribution >= 4 is 33.8 Å². The molecule has 0 saturated carbocycles. The molecule has 0 aliphatic carbocycles. The van der Waals surface area contributed by atoms with Crippen LogP contribution in [0.4, 0.5) is 5.69 Å². The first-order chi connectivity index (χ1) is 12.1. The van der Waals surface area contributed by atoms with Crippen molar-refractivity contribution in [3.05, 3.63) is 80.9 Å². The first-order valence-electron chi connectivity index (χ1n) is 7.40. The van der Waals surface area contributed by atoms with Crippen LogP contribution in [0.3, 0.4) is 0 Å². The molecule has 1 N–H and O–H groups in total. The van der Waals surface area contributed by atoms with Crippen LogP contribution in [0.1, 0.15) is 5.56 Å². The number of nitrogens with one attached hydrogen (secondary N) is 1. The summed E-state index contributed by atoms with van der Waals surface area (Å²) in [4.78, 5) is 30.1. The number of hydrogen-bond acceptors (Lipinski definition) is 5. The first kappa shape index (κ1) is 14.8. The summed E-state index contributed by atoms with van der Waals surface area (Å²) in [6.45, 7) is 0. The monoisotopic (exact) mass is 333 g/mol. The van der Waals surface area contributed by atoms with Gasteiger partial charge in [0.25, 0.3) is 11.2 Å². The van der Waals surface area contributed by atoms with Gasteiger partial charge in [0.1, 0.15) is 17.4 Å². The summed E-state index contributed by atoms with van der Waals surface area (Å²) < 4.78 is 1.12. The summed E-state index contributed by atoms with van der Waals surface area (Å²) in [5.74, 6) is 0. The van der Waals surface area contributed by atoms with Crippen molar-refractivity contribution in [2.24, 2.45) is 5.10 Å². The Morgan fingerprint density at radius 1 is 1.16 bits per heavy atom. The SMILES string of the molecule is O=c1c2[nH]c3ccccc3c2ncn1/N=C\c1ccc([N+](=O)[O-])cc1. The molecule has 2 heterocycles. The van der Waals surface area contributed by atoms with Gasteiger partial charge in [0.2, 0.25) is 0 Å². The van der Waals surface area contributed by atoms with Crippen molar-refractivity contribution in [2.45, 2.75) is 0 Å². The lowest BCUT2D eigenvalue weighted by atomic mass is 10.2. The number of benzene rings is 2. The number of nitrogens with zero attached hydrogens (tertiary/aromatic N) is 4. The second kappa shape index (κ2) is 5.68. The Morgan fingerprint density at radius 2 is 1.92 bits per heavy atom. The van der Waals surface area contributed by atoms with Gasteiger partial charge in [0.15, 0.2) is 0 Å². The van der Waals surface area contributed by atoms with Crippen LogP contribution >= 0.6 is 0 Å². The number of para-hydroxylation sites is 1. The Labute approximate surface area is 140 Å². The minimum absolute atomic E-state index is 0.00419.